The first-order valence-corrected chi connectivity index (χ1v) is 13.3. The minimum atomic E-state index is -0.686. The predicted octanol–water partition coefficient (Wildman–Crippen LogP) is 6.03. The van der Waals surface area contributed by atoms with Crippen molar-refractivity contribution in [3.8, 4) is 5.75 Å². The van der Waals surface area contributed by atoms with Gasteiger partial charge < -0.3 is 14.2 Å². The summed E-state index contributed by atoms with van der Waals surface area (Å²) in [7, 11) is 1.56. The molecule has 0 saturated heterocycles. The van der Waals surface area contributed by atoms with Crippen LogP contribution < -0.4 is 4.74 Å². The van der Waals surface area contributed by atoms with E-state index in [-0.39, 0.29) is 18.3 Å². The number of hydrogen-bond acceptors (Lipinski definition) is 6. The highest BCUT2D eigenvalue weighted by Gasteiger charge is 2.44. The first kappa shape index (κ1) is 26.6. The van der Waals surface area contributed by atoms with Crippen LogP contribution in [-0.2, 0) is 25.7 Å². The summed E-state index contributed by atoms with van der Waals surface area (Å²) < 4.78 is 16.6. The van der Waals surface area contributed by atoms with Crippen molar-refractivity contribution in [2.75, 3.05) is 20.3 Å². The Morgan fingerprint density at radius 2 is 1.56 bits per heavy atom. The zero-order valence-electron chi connectivity index (χ0n) is 22.3. The largest absolute Gasteiger partial charge is 0.489 e. The molecule has 39 heavy (non-hydrogen) atoms. The lowest BCUT2D eigenvalue weighted by Crippen LogP contribution is -2.38. The van der Waals surface area contributed by atoms with Crippen LogP contribution in [0.15, 0.2) is 101 Å². The van der Waals surface area contributed by atoms with Gasteiger partial charge in [0.1, 0.15) is 24.9 Å². The molecule has 0 amide bonds. The van der Waals surface area contributed by atoms with E-state index in [1.807, 2.05) is 79.7 Å². The molecule has 0 N–H and O–H groups in total. The van der Waals surface area contributed by atoms with Crippen molar-refractivity contribution in [3.63, 3.8) is 0 Å². The van der Waals surface area contributed by atoms with Crippen molar-refractivity contribution in [1.82, 2.24) is 0 Å². The third kappa shape index (κ3) is 6.02. The summed E-state index contributed by atoms with van der Waals surface area (Å²) in [5.41, 5.74) is 5.13. The summed E-state index contributed by atoms with van der Waals surface area (Å²) in [5, 5.41) is 0. The molecule has 5 rings (SSSR count). The normalized spacial score (nSPS) is 20.7. The molecule has 6 nitrogen and oxygen atoms in total. The van der Waals surface area contributed by atoms with Crippen molar-refractivity contribution in [2.24, 2.45) is 10.9 Å². The maximum Gasteiger partial charge on any atom is 0.315 e. The van der Waals surface area contributed by atoms with E-state index in [2.05, 4.69) is 12.1 Å². The standard InChI is InChI=1S/C33H33NO5/c1-22-30(33(36)38-18-17-37-2)31(25-13-15-27(16-14-25)39-21-23-9-5-3-6-10-23)32-28(34-22)19-26(20-29(32)35)24-11-7-4-8-12-24/h3-16,26,30-31H,17-21H2,1-2H3/t26-,30?,31+/m0/s1. The molecule has 0 aromatic heterocycles. The van der Waals surface area contributed by atoms with Gasteiger partial charge in [0.05, 0.1) is 6.61 Å². The highest BCUT2D eigenvalue weighted by atomic mass is 16.6. The first-order chi connectivity index (χ1) is 19.0. The van der Waals surface area contributed by atoms with Gasteiger partial charge in [0.15, 0.2) is 5.78 Å². The predicted molar refractivity (Wildman–Crippen MR) is 150 cm³/mol. The molecule has 1 heterocycles. The third-order valence-electron chi connectivity index (χ3n) is 7.43. The molecule has 1 unspecified atom stereocenters. The molecule has 6 heteroatoms. The zero-order chi connectivity index (χ0) is 27.2. The number of methoxy groups -OCH3 is 1. The Bertz CT molecular complexity index is 1360. The lowest BCUT2D eigenvalue weighted by Gasteiger charge is -2.36. The van der Waals surface area contributed by atoms with E-state index in [0.717, 1.165) is 28.1 Å². The second-order valence-electron chi connectivity index (χ2n) is 10.0. The molecule has 0 bridgehead atoms. The van der Waals surface area contributed by atoms with E-state index in [4.69, 9.17) is 19.2 Å². The Morgan fingerprint density at radius 1 is 0.872 bits per heavy atom. The molecule has 1 aliphatic heterocycles. The summed E-state index contributed by atoms with van der Waals surface area (Å²) in [6, 6.07) is 27.7. The van der Waals surface area contributed by atoms with E-state index >= 15 is 0 Å². The summed E-state index contributed by atoms with van der Waals surface area (Å²) in [6.45, 7) is 2.76. The van der Waals surface area contributed by atoms with Gasteiger partial charge in [0.2, 0.25) is 0 Å². The fourth-order valence-electron chi connectivity index (χ4n) is 5.51. The molecule has 2 aliphatic rings. The van der Waals surface area contributed by atoms with Gasteiger partial charge in [0, 0.05) is 36.4 Å². The van der Waals surface area contributed by atoms with Gasteiger partial charge in [-0.3, -0.25) is 14.6 Å². The number of Topliss-reactive ketones (excluding diaryl/α,β-unsaturated/α-hetero) is 1. The van der Waals surface area contributed by atoms with Crippen LogP contribution in [0.25, 0.3) is 0 Å². The number of carbonyl (C=O) groups is 2. The van der Waals surface area contributed by atoms with Crippen molar-refractivity contribution < 1.29 is 23.8 Å². The molecular formula is C33H33NO5. The fraction of sp³-hybridized carbons (Fsp3) is 0.303. The van der Waals surface area contributed by atoms with Crippen LogP contribution in [0.5, 0.6) is 5.75 Å². The van der Waals surface area contributed by atoms with Gasteiger partial charge in [-0.2, -0.15) is 0 Å². The molecule has 0 radical (unpaired) electrons. The minimum absolute atomic E-state index is 0.0328. The van der Waals surface area contributed by atoms with Gasteiger partial charge in [-0.1, -0.05) is 72.8 Å². The quantitative estimate of drug-likeness (QED) is 0.253. The Kier molecular flexibility index (Phi) is 8.33. The van der Waals surface area contributed by atoms with Crippen LogP contribution in [0.1, 0.15) is 48.3 Å². The summed E-state index contributed by atoms with van der Waals surface area (Å²) in [5.74, 6) is -0.739. The van der Waals surface area contributed by atoms with Gasteiger partial charge in [-0.15, -0.1) is 0 Å². The Morgan fingerprint density at radius 3 is 2.26 bits per heavy atom. The number of rotatable bonds is 9. The van der Waals surface area contributed by atoms with Crippen molar-refractivity contribution in [2.45, 2.75) is 38.2 Å². The van der Waals surface area contributed by atoms with Crippen molar-refractivity contribution in [1.29, 1.82) is 0 Å². The summed E-state index contributed by atoms with van der Waals surface area (Å²) in [4.78, 5) is 31.9. The van der Waals surface area contributed by atoms with Crippen LogP contribution in [0, 0.1) is 5.92 Å². The van der Waals surface area contributed by atoms with Crippen LogP contribution in [-0.4, -0.2) is 37.8 Å². The number of hydrogen-bond donors (Lipinski definition) is 0. The maximum absolute atomic E-state index is 13.7. The maximum atomic E-state index is 13.7. The lowest BCUT2D eigenvalue weighted by molar-refractivity contribution is -0.147. The molecule has 0 fully saturated rings. The molecule has 1 aliphatic carbocycles. The smallest absolute Gasteiger partial charge is 0.315 e. The number of ketones is 1. The molecule has 3 aromatic rings. The molecule has 3 atom stereocenters. The van der Waals surface area contributed by atoms with E-state index in [9.17, 15) is 9.59 Å². The van der Waals surface area contributed by atoms with Crippen LogP contribution in [0.2, 0.25) is 0 Å². The highest BCUT2D eigenvalue weighted by molar-refractivity contribution is 6.09. The molecule has 200 valence electrons. The van der Waals surface area contributed by atoms with Gasteiger partial charge >= 0.3 is 5.97 Å². The zero-order valence-corrected chi connectivity index (χ0v) is 22.3. The number of nitrogens with zero attached hydrogens (tertiary/aromatic N) is 1. The molecule has 3 aromatic carbocycles. The van der Waals surface area contributed by atoms with Gasteiger partial charge in [-0.05, 0) is 48.1 Å². The topological polar surface area (TPSA) is 74.2 Å². The van der Waals surface area contributed by atoms with E-state index in [1.54, 1.807) is 7.11 Å². The average Bonchev–Trinajstić information content (AvgIpc) is 2.96. The van der Waals surface area contributed by atoms with Crippen LogP contribution in [0.3, 0.4) is 0 Å². The summed E-state index contributed by atoms with van der Waals surface area (Å²) in [6.07, 6.45) is 1.04. The monoisotopic (exact) mass is 523 g/mol. The van der Waals surface area contributed by atoms with E-state index < -0.39 is 17.8 Å². The number of benzene rings is 3. The minimum Gasteiger partial charge on any atom is -0.489 e. The van der Waals surface area contributed by atoms with Crippen molar-refractivity contribution in [3.05, 3.63) is 113 Å². The number of aliphatic imine (C=N–C) groups is 1. The molecule has 0 saturated carbocycles. The van der Waals surface area contributed by atoms with E-state index in [0.29, 0.717) is 37.3 Å². The number of esters is 1. The average molecular weight is 524 g/mol. The molecule has 0 spiro atoms. The second kappa shape index (κ2) is 12.2. The van der Waals surface area contributed by atoms with Crippen molar-refractivity contribution >= 4 is 17.5 Å². The van der Waals surface area contributed by atoms with Crippen LogP contribution >= 0.6 is 0 Å². The third-order valence-corrected chi connectivity index (χ3v) is 7.43. The number of carbonyl (C=O) groups excluding carboxylic acids is 2. The Labute approximate surface area is 229 Å². The second-order valence-corrected chi connectivity index (χ2v) is 10.0. The number of allylic oxidation sites excluding steroid dienone is 2. The Hall–Kier alpha value is -4.03. The van der Waals surface area contributed by atoms with E-state index in [1.165, 1.54) is 0 Å². The summed E-state index contributed by atoms with van der Waals surface area (Å²) >= 11 is 0. The fourth-order valence-corrected chi connectivity index (χ4v) is 5.51. The van der Waals surface area contributed by atoms with Gasteiger partial charge in [-0.25, -0.2) is 0 Å². The SMILES string of the molecule is COCCOC(=O)C1C(C)=NC2=C(C(=O)C[C@@H](c3ccccc3)C2)[C@@H]1c1ccc(OCc2ccccc2)cc1. The number of ether oxygens (including phenoxy) is 3. The highest BCUT2D eigenvalue weighted by Crippen LogP contribution is 2.47. The lowest BCUT2D eigenvalue weighted by atomic mass is 9.69. The Balaban J connectivity index is 1.45. The first-order valence-electron chi connectivity index (χ1n) is 13.3. The van der Waals surface area contributed by atoms with Gasteiger partial charge in [0.25, 0.3) is 0 Å². The molecular weight excluding hydrogens is 490 g/mol. The van der Waals surface area contributed by atoms with Crippen LogP contribution in [0.4, 0.5) is 0 Å².